The molecule has 100 valence electrons. The van der Waals surface area contributed by atoms with E-state index in [0.29, 0.717) is 32.5 Å². The lowest BCUT2D eigenvalue weighted by Gasteiger charge is -2.30. The number of carboxylic acids is 1. The van der Waals surface area contributed by atoms with Gasteiger partial charge in [-0.1, -0.05) is 0 Å². The average Bonchev–Trinajstić information content (AvgIpc) is 2.36. The summed E-state index contributed by atoms with van der Waals surface area (Å²) in [5.41, 5.74) is 0. The Morgan fingerprint density at radius 3 is 2.39 bits per heavy atom. The van der Waals surface area contributed by atoms with Crippen molar-refractivity contribution in [3.05, 3.63) is 12.2 Å². The SMILES string of the molecule is CCOC(=O)C1CCN(C(=O)/C=C/C(=O)O)CC1. The first-order valence-electron chi connectivity index (χ1n) is 5.91. The number of carboxylic acid groups (broad SMARTS) is 1. The molecule has 1 fully saturated rings. The zero-order valence-electron chi connectivity index (χ0n) is 10.3. The number of nitrogens with zero attached hydrogens (tertiary/aromatic N) is 1. The minimum Gasteiger partial charge on any atom is -0.478 e. The van der Waals surface area contributed by atoms with Crippen LogP contribution in [0.15, 0.2) is 12.2 Å². The molecule has 0 radical (unpaired) electrons. The largest absolute Gasteiger partial charge is 0.478 e. The fraction of sp³-hybridized carbons (Fsp3) is 0.583. The summed E-state index contributed by atoms with van der Waals surface area (Å²) in [7, 11) is 0. The standard InChI is InChI=1S/C12H17NO5/c1-2-18-12(17)9-5-7-13(8-6-9)10(14)3-4-11(15)16/h3-4,9H,2,5-8H2,1H3,(H,15,16)/b4-3+. The Morgan fingerprint density at radius 2 is 1.89 bits per heavy atom. The highest BCUT2D eigenvalue weighted by Gasteiger charge is 2.27. The molecule has 1 heterocycles. The first-order chi connectivity index (χ1) is 8.54. The average molecular weight is 255 g/mol. The Hall–Kier alpha value is -1.85. The maximum atomic E-state index is 11.6. The van der Waals surface area contributed by atoms with Crippen LogP contribution in [0.3, 0.4) is 0 Å². The molecule has 0 bridgehead atoms. The number of hydrogen-bond acceptors (Lipinski definition) is 4. The lowest BCUT2D eigenvalue weighted by Crippen LogP contribution is -2.39. The molecule has 0 aromatic heterocycles. The second-order valence-corrected chi connectivity index (χ2v) is 4.02. The quantitative estimate of drug-likeness (QED) is 0.581. The van der Waals surface area contributed by atoms with Crippen LogP contribution in [-0.4, -0.2) is 47.5 Å². The van der Waals surface area contributed by atoms with Crippen molar-refractivity contribution < 1.29 is 24.2 Å². The first-order valence-corrected chi connectivity index (χ1v) is 5.91. The lowest BCUT2D eigenvalue weighted by atomic mass is 9.97. The van der Waals surface area contributed by atoms with Crippen molar-refractivity contribution in [2.24, 2.45) is 5.92 Å². The van der Waals surface area contributed by atoms with Gasteiger partial charge in [-0.3, -0.25) is 9.59 Å². The van der Waals surface area contributed by atoms with Gasteiger partial charge in [0, 0.05) is 25.2 Å². The van der Waals surface area contributed by atoms with E-state index in [1.54, 1.807) is 6.92 Å². The Morgan fingerprint density at radius 1 is 1.28 bits per heavy atom. The van der Waals surface area contributed by atoms with Crippen LogP contribution < -0.4 is 0 Å². The number of rotatable bonds is 4. The first kappa shape index (κ1) is 14.2. The summed E-state index contributed by atoms with van der Waals surface area (Å²) in [6.07, 6.45) is 2.98. The van der Waals surface area contributed by atoms with Crippen LogP contribution in [0.4, 0.5) is 0 Å². The summed E-state index contributed by atoms with van der Waals surface area (Å²) in [5.74, 6) is -1.85. The highest BCUT2D eigenvalue weighted by molar-refractivity contribution is 5.94. The van der Waals surface area contributed by atoms with Gasteiger partial charge in [-0.15, -0.1) is 0 Å². The third-order valence-electron chi connectivity index (χ3n) is 2.80. The summed E-state index contributed by atoms with van der Waals surface area (Å²) < 4.78 is 4.92. The Bertz CT molecular complexity index is 355. The van der Waals surface area contributed by atoms with Crippen molar-refractivity contribution in [3.8, 4) is 0 Å². The number of amides is 1. The van der Waals surface area contributed by atoms with Crippen LogP contribution in [0.2, 0.25) is 0 Å². The fourth-order valence-electron chi connectivity index (χ4n) is 1.84. The molecule has 1 amide bonds. The van der Waals surface area contributed by atoms with E-state index in [2.05, 4.69) is 0 Å². The topological polar surface area (TPSA) is 83.9 Å². The molecule has 1 aliphatic heterocycles. The van der Waals surface area contributed by atoms with E-state index < -0.39 is 5.97 Å². The molecule has 1 saturated heterocycles. The molecule has 1 rings (SSSR count). The Balaban J connectivity index is 2.41. The Labute approximate surface area is 105 Å². The van der Waals surface area contributed by atoms with Gasteiger partial charge >= 0.3 is 11.9 Å². The van der Waals surface area contributed by atoms with E-state index in [1.165, 1.54) is 4.90 Å². The van der Waals surface area contributed by atoms with Crippen molar-refractivity contribution >= 4 is 17.8 Å². The molecule has 6 heteroatoms. The minimum absolute atomic E-state index is 0.155. The summed E-state index contributed by atoms with van der Waals surface area (Å²) in [5, 5.41) is 8.42. The zero-order valence-corrected chi connectivity index (χ0v) is 10.3. The predicted octanol–water partition coefficient (Wildman–Crippen LogP) is 0.429. The molecule has 1 N–H and O–H groups in total. The van der Waals surface area contributed by atoms with E-state index in [9.17, 15) is 14.4 Å². The number of carbonyl (C=O) groups excluding carboxylic acids is 2. The molecule has 1 aliphatic rings. The molecule has 0 unspecified atom stereocenters. The van der Waals surface area contributed by atoms with Crippen LogP contribution in [0.25, 0.3) is 0 Å². The van der Waals surface area contributed by atoms with Crippen LogP contribution in [0.1, 0.15) is 19.8 Å². The maximum absolute atomic E-state index is 11.6. The second kappa shape index (κ2) is 6.78. The van der Waals surface area contributed by atoms with Crippen LogP contribution in [0, 0.1) is 5.92 Å². The lowest BCUT2D eigenvalue weighted by molar-refractivity contribution is -0.150. The van der Waals surface area contributed by atoms with Gasteiger partial charge in [-0.25, -0.2) is 4.79 Å². The van der Waals surface area contributed by atoms with Crippen LogP contribution in [-0.2, 0) is 19.1 Å². The van der Waals surface area contributed by atoms with E-state index in [1.807, 2.05) is 0 Å². The minimum atomic E-state index is -1.15. The van der Waals surface area contributed by atoms with Crippen LogP contribution >= 0.6 is 0 Å². The predicted molar refractivity (Wildman–Crippen MR) is 62.7 cm³/mol. The normalized spacial score (nSPS) is 16.8. The number of likely N-dealkylation sites (tertiary alicyclic amines) is 1. The zero-order chi connectivity index (χ0) is 13.5. The van der Waals surface area contributed by atoms with Gasteiger partial charge in [0.2, 0.25) is 5.91 Å². The molecular weight excluding hydrogens is 238 g/mol. The van der Waals surface area contributed by atoms with Gasteiger partial charge in [-0.2, -0.15) is 0 Å². The van der Waals surface area contributed by atoms with Crippen molar-refractivity contribution in [2.45, 2.75) is 19.8 Å². The highest BCUT2D eigenvalue weighted by Crippen LogP contribution is 2.18. The van der Waals surface area contributed by atoms with E-state index in [0.717, 1.165) is 12.2 Å². The fourth-order valence-corrected chi connectivity index (χ4v) is 1.84. The molecule has 0 aromatic carbocycles. The van der Waals surface area contributed by atoms with Gasteiger partial charge < -0.3 is 14.7 Å². The third kappa shape index (κ3) is 4.20. The van der Waals surface area contributed by atoms with Crippen molar-refractivity contribution in [3.63, 3.8) is 0 Å². The molecule has 0 saturated carbocycles. The maximum Gasteiger partial charge on any atom is 0.328 e. The van der Waals surface area contributed by atoms with Gasteiger partial charge in [0.1, 0.15) is 0 Å². The number of esters is 1. The van der Waals surface area contributed by atoms with E-state index >= 15 is 0 Å². The number of hydrogen-bond donors (Lipinski definition) is 1. The van der Waals surface area contributed by atoms with Gasteiger partial charge in [0.05, 0.1) is 12.5 Å². The molecule has 0 aliphatic carbocycles. The second-order valence-electron chi connectivity index (χ2n) is 4.02. The van der Waals surface area contributed by atoms with Crippen molar-refractivity contribution in [2.75, 3.05) is 19.7 Å². The van der Waals surface area contributed by atoms with E-state index in [4.69, 9.17) is 9.84 Å². The molecule has 0 atom stereocenters. The molecule has 6 nitrogen and oxygen atoms in total. The van der Waals surface area contributed by atoms with E-state index in [-0.39, 0.29) is 17.8 Å². The van der Waals surface area contributed by atoms with Crippen molar-refractivity contribution in [1.29, 1.82) is 0 Å². The number of aliphatic carboxylic acids is 1. The smallest absolute Gasteiger partial charge is 0.328 e. The molecule has 18 heavy (non-hydrogen) atoms. The molecule has 0 aromatic rings. The third-order valence-corrected chi connectivity index (χ3v) is 2.80. The highest BCUT2D eigenvalue weighted by atomic mass is 16.5. The van der Waals surface area contributed by atoms with Crippen LogP contribution in [0.5, 0.6) is 0 Å². The summed E-state index contributed by atoms with van der Waals surface area (Å²) in [6, 6.07) is 0. The number of ether oxygens (including phenoxy) is 1. The van der Waals surface area contributed by atoms with Gasteiger partial charge in [0.15, 0.2) is 0 Å². The van der Waals surface area contributed by atoms with Crippen molar-refractivity contribution in [1.82, 2.24) is 4.90 Å². The Kier molecular flexibility index (Phi) is 5.35. The summed E-state index contributed by atoms with van der Waals surface area (Å²) >= 11 is 0. The summed E-state index contributed by atoms with van der Waals surface area (Å²) in [4.78, 5) is 34.9. The number of piperidine rings is 1. The molecule has 0 spiro atoms. The monoisotopic (exact) mass is 255 g/mol. The van der Waals surface area contributed by atoms with Gasteiger partial charge in [-0.05, 0) is 19.8 Å². The summed E-state index contributed by atoms with van der Waals surface area (Å²) in [6.45, 7) is 3.02. The molecular formula is C12H17NO5. The van der Waals surface area contributed by atoms with Gasteiger partial charge in [0.25, 0.3) is 0 Å². The number of carbonyl (C=O) groups is 3.